The van der Waals surface area contributed by atoms with Crippen molar-refractivity contribution in [2.75, 3.05) is 6.54 Å². The Kier molecular flexibility index (Phi) is 6.19. The van der Waals surface area contributed by atoms with Gasteiger partial charge in [0, 0.05) is 11.5 Å². The summed E-state index contributed by atoms with van der Waals surface area (Å²) in [7, 11) is 0. The van der Waals surface area contributed by atoms with Crippen molar-refractivity contribution in [2.24, 2.45) is 17.6 Å². The third kappa shape index (κ3) is 4.12. The molecule has 23 heavy (non-hydrogen) atoms. The molecule has 0 spiro atoms. The summed E-state index contributed by atoms with van der Waals surface area (Å²) in [5, 5.41) is 2.95. The van der Waals surface area contributed by atoms with E-state index in [1.165, 1.54) is 0 Å². The van der Waals surface area contributed by atoms with Gasteiger partial charge in [-0.25, -0.2) is 4.98 Å². The first kappa shape index (κ1) is 17.5. The van der Waals surface area contributed by atoms with E-state index < -0.39 is 0 Å². The normalized spacial score (nSPS) is 20.0. The zero-order valence-electron chi connectivity index (χ0n) is 12.9. The first-order valence-electron chi connectivity index (χ1n) is 7.75. The van der Waals surface area contributed by atoms with Crippen molar-refractivity contribution >= 4 is 18.3 Å². The van der Waals surface area contributed by atoms with E-state index in [2.05, 4.69) is 10.3 Å². The molecule has 0 radical (unpaired) electrons. The van der Waals surface area contributed by atoms with E-state index >= 15 is 0 Å². The zero-order valence-corrected chi connectivity index (χ0v) is 13.7. The monoisotopic (exact) mass is 335 g/mol. The van der Waals surface area contributed by atoms with Crippen LogP contribution in [0.2, 0.25) is 0 Å². The molecule has 0 unspecified atom stereocenters. The van der Waals surface area contributed by atoms with Crippen LogP contribution in [0.25, 0.3) is 11.5 Å². The molecule has 3 rings (SSSR count). The number of rotatable bonds is 5. The smallest absolute Gasteiger partial charge is 0.226 e. The predicted molar refractivity (Wildman–Crippen MR) is 90.9 cm³/mol. The fourth-order valence-corrected chi connectivity index (χ4v) is 3.07. The van der Waals surface area contributed by atoms with Crippen molar-refractivity contribution in [1.29, 1.82) is 0 Å². The van der Waals surface area contributed by atoms with Crippen molar-refractivity contribution in [1.82, 2.24) is 10.3 Å². The molecule has 1 saturated carbocycles. The van der Waals surface area contributed by atoms with Crippen molar-refractivity contribution in [3.8, 4) is 11.5 Å². The standard InChI is InChI=1S/C17H21N3O2.ClH/c18-9-13-7-4-8-15(13)16(21)19-10-14-11-22-17(20-14)12-5-2-1-3-6-12;/h1-3,5-6,11,13,15H,4,7-10,18H2,(H,19,21);1H/t13-,15-;/m1./s1. The number of carbonyl (C=O) groups excluding carboxylic acids is 1. The van der Waals surface area contributed by atoms with Crippen molar-refractivity contribution in [2.45, 2.75) is 25.8 Å². The van der Waals surface area contributed by atoms with Crippen LogP contribution >= 0.6 is 12.4 Å². The molecule has 0 aliphatic heterocycles. The first-order valence-corrected chi connectivity index (χ1v) is 7.75. The number of amides is 1. The van der Waals surface area contributed by atoms with Crippen LogP contribution in [0, 0.1) is 11.8 Å². The Balaban J connectivity index is 0.00000192. The van der Waals surface area contributed by atoms with E-state index in [-0.39, 0.29) is 24.2 Å². The van der Waals surface area contributed by atoms with Crippen molar-refractivity contribution in [3.05, 3.63) is 42.3 Å². The van der Waals surface area contributed by atoms with E-state index in [9.17, 15) is 4.79 Å². The Morgan fingerprint density at radius 3 is 2.83 bits per heavy atom. The number of halogens is 1. The van der Waals surface area contributed by atoms with E-state index in [0.29, 0.717) is 24.9 Å². The molecule has 0 saturated heterocycles. The van der Waals surface area contributed by atoms with Gasteiger partial charge in [-0.2, -0.15) is 0 Å². The number of oxazole rings is 1. The number of hydrogen-bond donors (Lipinski definition) is 2. The van der Waals surface area contributed by atoms with Gasteiger partial charge in [-0.05, 0) is 37.4 Å². The summed E-state index contributed by atoms with van der Waals surface area (Å²) in [5.74, 6) is 1.02. The van der Waals surface area contributed by atoms with Crippen LogP contribution in [-0.2, 0) is 11.3 Å². The lowest BCUT2D eigenvalue weighted by Crippen LogP contribution is -2.34. The highest BCUT2D eigenvalue weighted by Crippen LogP contribution is 2.31. The summed E-state index contributed by atoms with van der Waals surface area (Å²) in [6.45, 7) is 0.975. The molecule has 1 aliphatic rings. The van der Waals surface area contributed by atoms with Gasteiger partial charge >= 0.3 is 0 Å². The Labute approximate surface area is 142 Å². The van der Waals surface area contributed by atoms with Gasteiger partial charge in [0.1, 0.15) is 6.26 Å². The second-order valence-corrected chi connectivity index (χ2v) is 5.76. The van der Waals surface area contributed by atoms with Gasteiger partial charge in [-0.3, -0.25) is 4.79 Å². The molecule has 6 heteroatoms. The molecule has 1 amide bonds. The molecule has 3 N–H and O–H groups in total. The average Bonchev–Trinajstić information content (AvgIpc) is 3.22. The fraction of sp³-hybridized carbons (Fsp3) is 0.412. The summed E-state index contributed by atoms with van der Waals surface area (Å²) < 4.78 is 5.47. The van der Waals surface area contributed by atoms with Crippen molar-refractivity contribution in [3.63, 3.8) is 0 Å². The van der Waals surface area contributed by atoms with Gasteiger partial charge in [0.2, 0.25) is 11.8 Å². The SMILES string of the molecule is Cl.NC[C@H]1CCC[C@H]1C(=O)NCc1coc(-c2ccccc2)n1. The molecule has 1 aromatic carbocycles. The second-order valence-electron chi connectivity index (χ2n) is 5.76. The third-order valence-corrected chi connectivity index (χ3v) is 4.31. The summed E-state index contributed by atoms with van der Waals surface area (Å²) in [6, 6.07) is 9.71. The molecule has 124 valence electrons. The highest BCUT2D eigenvalue weighted by Gasteiger charge is 2.31. The topological polar surface area (TPSA) is 81.2 Å². The number of hydrogen-bond acceptors (Lipinski definition) is 4. The molecule has 1 fully saturated rings. The molecule has 1 aromatic heterocycles. The Morgan fingerprint density at radius 1 is 1.30 bits per heavy atom. The highest BCUT2D eigenvalue weighted by molar-refractivity contribution is 5.85. The van der Waals surface area contributed by atoms with Crippen LogP contribution in [-0.4, -0.2) is 17.4 Å². The Morgan fingerprint density at radius 2 is 2.09 bits per heavy atom. The maximum atomic E-state index is 12.2. The molecule has 0 bridgehead atoms. The van der Waals surface area contributed by atoms with Gasteiger partial charge < -0.3 is 15.5 Å². The third-order valence-electron chi connectivity index (χ3n) is 4.31. The van der Waals surface area contributed by atoms with Gasteiger partial charge in [-0.15, -0.1) is 12.4 Å². The number of nitrogens with two attached hydrogens (primary N) is 1. The van der Waals surface area contributed by atoms with Crippen molar-refractivity contribution < 1.29 is 9.21 Å². The van der Waals surface area contributed by atoms with Gasteiger partial charge in [0.15, 0.2) is 0 Å². The van der Waals surface area contributed by atoms with Gasteiger partial charge in [0.05, 0.1) is 12.2 Å². The molecule has 5 nitrogen and oxygen atoms in total. The summed E-state index contributed by atoms with van der Waals surface area (Å²) in [5.41, 5.74) is 7.39. The lowest BCUT2D eigenvalue weighted by atomic mass is 9.95. The zero-order chi connectivity index (χ0) is 15.4. The number of nitrogens with one attached hydrogen (secondary N) is 1. The first-order chi connectivity index (χ1) is 10.8. The van der Waals surface area contributed by atoms with Crippen LogP contribution in [0.15, 0.2) is 41.0 Å². The van der Waals surface area contributed by atoms with Crippen LogP contribution < -0.4 is 11.1 Å². The van der Waals surface area contributed by atoms with E-state index in [1.54, 1.807) is 6.26 Å². The largest absolute Gasteiger partial charge is 0.444 e. The fourth-order valence-electron chi connectivity index (χ4n) is 3.07. The lowest BCUT2D eigenvalue weighted by molar-refractivity contribution is -0.126. The Bertz CT molecular complexity index is 630. The molecule has 1 heterocycles. The van der Waals surface area contributed by atoms with Crippen LogP contribution in [0.5, 0.6) is 0 Å². The van der Waals surface area contributed by atoms with Crippen LogP contribution in [0.3, 0.4) is 0 Å². The van der Waals surface area contributed by atoms with Crippen LogP contribution in [0.4, 0.5) is 0 Å². The number of benzene rings is 1. The van der Waals surface area contributed by atoms with E-state index in [1.807, 2.05) is 30.3 Å². The predicted octanol–water partition coefficient (Wildman–Crippen LogP) is 2.75. The minimum Gasteiger partial charge on any atom is -0.444 e. The van der Waals surface area contributed by atoms with Gasteiger partial charge in [0.25, 0.3) is 0 Å². The maximum Gasteiger partial charge on any atom is 0.226 e. The molecular weight excluding hydrogens is 314 g/mol. The molecule has 2 aromatic rings. The maximum absolute atomic E-state index is 12.2. The lowest BCUT2D eigenvalue weighted by Gasteiger charge is -2.16. The van der Waals surface area contributed by atoms with E-state index in [4.69, 9.17) is 10.2 Å². The van der Waals surface area contributed by atoms with Crippen LogP contribution in [0.1, 0.15) is 25.0 Å². The number of carbonyl (C=O) groups is 1. The minimum atomic E-state index is 0. The van der Waals surface area contributed by atoms with Gasteiger partial charge in [-0.1, -0.05) is 24.6 Å². The highest BCUT2D eigenvalue weighted by atomic mass is 35.5. The number of nitrogens with zero attached hydrogens (tertiary/aromatic N) is 1. The number of aromatic nitrogens is 1. The quantitative estimate of drug-likeness (QED) is 0.880. The minimum absolute atomic E-state index is 0. The van der Waals surface area contributed by atoms with E-state index in [0.717, 1.165) is 30.5 Å². The average molecular weight is 336 g/mol. The summed E-state index contributed by atoms with van der Waals surface area (Å²) in [4.78, 5) is 16.7. The second kappa shape index (κ2) is 8.13. The summed E-state index contributed by atoms with van der Waals surface area (Å²) in [6.07, 6.45) is 4.66. The molecule has 1 aliphatic carbocycles. The molecular formula is C17H22ClN3O2. The molecule has 2 atom stereocenters. The Hall–Kier alpha value is -1.85. The summed E-state index contributed by atoms with van der Waals surface area (Å²) >= 11 is 0.